The lowest BCUT2D eigenvalue weighted by Crippen LogP contribution is -2.33. The number of thioether (sulfide) groups is 1. The van der Waals surface area contributed by atoms with Crippen LogP contribution >= 0.6 is 11.8 Å². The summed E-state index contributed by atoms with van der Waals surface area (Å²) in [6.45, 7) is 5.65. The third kappa shape index (κ3) is 2.83. The average molecular weight is 239 g/mol. The molecule has 0 saturated heterocycles. The topological polar surface area (TPSA) is 25.2 Å². The van der Waals surface area contributed by atoms with Crippen LogP contribution in [0.2, 0.25) is 0 Å². The van der Waals surface area contributed by atoms with E-state index in [4.69, 9.17) is 4.42 Å². The maximum Gasteiger partial charge on any atom is 0.113 e. The summed E-state index contributed by atoms with van der Waals surface area (Å²) in [5, 5.41) is 4.37. The van der Waals surface area contributed by atoms with Crippen LogP contribution in [0.4, 0.5) is 0 Å². The van der Waals surface area contributed by atoms with Crippen LogP contribution in [0.1, 0.15) is 32.4 Å². The van der Waals surface area contributed by atoms with Crippen LogP contribution in [0.3, 0.4) is 0 Å². The normalized spacial score (nSPS) is 29.8. The molecule has 3 atom stereocenters. The Morgan fingerprint density at radius 2 is 2.38 bits per heavy atom. The molecule has 90 valence electrons. The first-order chi connectivity index (χ1) is 7.81. The van der Waals surface area contributed by atoms with E-state index in [2.05, 4.69) is 25.2 Å². The smallest absolute Gasteiger partial charge is 0.113 e. The molecule has 0 aromatic carbocycles. The minimum atomic E-state index is 0.721. The van der Waals surface area contributed by atoms with Gasteiger partial charge in [-0.05, 0) is 37.4 Å². The van der Waals surface area contributed by atoms with Crippen molar-refractivity contribution in [3.05, 3.63) is 24.2 Å². The van der Waals surface area contributed by atoms with Crippen molar-refractivity contribution in [2.24, 2.45) is 5.92 Å². The molecule has 1 aliphatic carbocycles. The molecule has 2 rings (SSSR count). The molecule has 1 aliphatic rings. The Bertz CT molecular complexity index is 299. The summed E-state index contributed by atoms with van der Waals surface area (Å²) in [7, 11) is 0. The zero-order chi connectivity index (χ0) is 11.4. The zero-order valence-electron chi connectivity index (χ0n) is 10.1. The average Bonchev–Trinajstić information content (AvgIpc) is 2.89. The molecule has 0 amide bonds. The van der Waals surface area contributed by atoms with Gasteiger partial charge in [-0.1, -0.05) is 13.8 Å². The van der Waals surface area contributed by atoms with Gasteiger partial charge in [0.15, 0.2) is 0 Å². The summed E-state index contributed by atoms with van der Waals surface area (Å²) < 4.78 is 5.37. The minimum Gasteiger partial charge on any atom is -0.468 e. The number of hydrogen-bond acceptors (Lipinski definition) is 3. The van der Waals surface area contributed by atoms with E-state index in [0.717, 1.165) is 35.3 Å². The van der Waals surface area contributed by atoms with Crippen molar-refractivity contribution in [1.29, 1.82) is 0 Å². The number of rotatable bonds is 5. The van der Waals surface area contributed by atoms with Crippen molar-refractivity contribution in [3.8, 4) is 0 Å². The van der Waals surface area contributed by atoms with E-state index in [1.165, 1.54) is 12.8 Å². The van der Waals surface area contributed by atoms with E-state index in [1.807, 2.05) is 17.8 Å². The highest BCUT2D eigenvalue weighted by molar-refractivity contribution is 7.99. The van der Waals surface area contributed by atoms with E-state index < -0.39 is 0 Å². The van der Waals surface area contributed by atoms with E-state index in [0.29, 0.717) is 0 Å². The molecular formula is C13H21NOS. The SMILES string of the molecule is CCNC1CCC(SCc2ccco2)C1C. The predicted molar refractivity (Wildman–Crippen MR) is 69.7 cm³/mol. The van der Waals surface area contributed by atoms with Crippen LogP contribution in [0.25, 0.3) is 0 Å². The second-order valence-corrected chi connectivity index (χ2v) is 5.76. The lowest BCUT2D eigenvalue weighted by atomic mass is 10.1. The molecule has 0 radical (unpaired) electrons. The molecule has 1 heterocycles. The lowest BCUT2D eigenvalue weighted by Gasteiger charge is -2.20. The summed E-state index contributed by atoms with van der Waals surface area (Å²) in [4.78, 5) is 0. The molecule has 2 nitrogen and oxygen atoms in total. The van der Waals surface area contributed by atoms with Gasteiger partial charge in [-0.3, -0.25) is 0 Å². The summed E-state index contributed by atoms with van der Waals surface area (Å²) in [5.41, 5.74) is 0. The lowest BCUT2D eigenvalue weighted by molar-refractivity contribution is 0.441. The summed E-state index contributed by atoms with van der Waals surface area (Å²) in [6, 6.07) is 4.75. The Morgan fingerprint density at radius 1 is 1.50 bits per heavy atom. The molecule has 1 fully saturated rings. The van der Waals surface area contributed by atoms with Crippen LogP contribution in [0.5, 0.6) is 0 Å². The van der Waals surface area contributed by atoms with E-state index in [1.54, 1.807) is 6.26 Å². The van der Waals surface area contributed by atoms with Gasteiger partial charge in [-0.2, -0.15) is 11.8 Å². The zero-order valence-corrected chi connectivity index (χ0v) is 10.9. The second-order valence-electron chi connectivity index (χ2n) is 4.53. The highest BCUT2D eigenvalue weighted by atomic mass is 32.2. The summed E-state index contributed by atoms with van der Waals surface area (Å²) in [5.74, 6) is 2.89. The Labute approximate surface area is 102 Å². The van der Waals surface area contributed by atoms with Gasteiger partial charge in [-0.15, -0.1) is 0 Å². The van der Waals surface area contributed by atoms with Crippen molar-refractivity contribution >= 4 is 11.8 Å². The standard InChI is InChI=1S/C13H21NOS/c1-3-14-12-6-7-13(10(12)2)16-9-11-5-4-8-15-11/h4-5,8,10,12-14H,3,6-7,9H2,1-2H3. The van der Waals surface area contributed by atoms with Crippen molar-refractivity contribution in [2.75, 3.05) is 6.54 Å². The fourth-order valence-electron chi connectivity index (χ4n) is 2.50. The largest absolute Gasteiger partial charge is 0.468 e. The first-order valence-electron chi connectivity index (χ1n) is 6.18. The Kier molecular flexibility index (Phi) is 4.36. The van der Waals surface area contributed by atoms with Gasteiger partial charge in [0, 0.05) is 11.3 Å². The molecule has 3 heteroatoms. The molecular weight excluding hydrogens is 218 g/mol. The molecule has 1 aromatic rings. The number of nitrogens with one attached hydrogen (secondary N) is 1. The minimum absolute atomic E-state index is 0.721. The molecule has 3 unspecified atom stereocenters. The third-order valence-corrected chi connectivity index (χ3v) is 5.01. The van der Waals surface area contributed by atoms with Crippen LogP contribution in [0, 0.1) is 5.92 Å². The first-order valence-corrected chi connectivity index (χ1v) is 7.23. The molecule has 16 heavy (non-hydrogen) atoms. The van der Waals surface area contributed by atoms with Gasteiger partial charge in [0.1, 0.15) is 5.76 Å². The van der Waals surface area contributed by atoms with Gasteiger partial charge in [-0.25, -0.2) is 0 Å². The summed E-state index contributed by atoms with van der Waals surface area (Å²) >= 11 is 2.05. The molecule has 1 saturated carbocycles. The first kappa shape index (κ1) is 12.1. The summed E-state index contributed by atoms with van der Waals surface area (Å²) in [6.07, 6.45) is 4.42. The molecule has 1 aromatic heterocycles. The van der Waals surface area contributed by atoms with E-state index in [9.17, 15) is 0 Å². The number of furan rings is 1. The fraction of sp³-hybridized carbons (Fsp3) is 0.692. The van der Waals surface area contributed by atoms with E-state index >= 15 is 0 Å². The molecule has 0 spiro atoms. The molecule has 1 N–H and O–H groups in total. The maximum atomic E-state index is 5.37. The van der Waals surface area contributed by atoms with Crippen LogP contribution in [-0.4, -0.2) is 17.8 Å². The maximum absolute atomic E-state index is 5.37. The van der Waals surface area contributed by atoms with Gasteiger partial charge >= 0.3 is 0 Å². The number of hydrogen-bond donors (Lipinski definition) is 1. The van der Waals surface area contributed by atoms with Crippen molar-refractivity contribution in [1.82, 2.24) is 5.32 Å². The van der Waals surface area contributed by atoms with Gasteiger partial charge in [0.25, 0.3) is 0 Å². The van der Waals surface area contributed by atoms with Crippen LogP contribution in [-0.2, 0) is 5.75 Å². The van der Waals surface area contributed by atoms with Crippen LogP contribution in [0.15, 0.2) is 22.8 Å². The van der Waals surface area contributed by atoms with Crippen molar-refractivity contribution in [3.63, 3.8) is 0 Å². The highest BCUT2D eigenvalue weighted by Gasteiger charge is 2.32. The van der Waals surface area contributed by atoms with Gasteiger partial charge < -0.3 is 9.73 Å². The van der Waals surface area contributed by atoms with Crippen molar-refractivity contribution < 1.29 is 4.42 Å². The highest BCUT2D eigenvalue weighted by Crippen LogP contribution is 2.36. The second kappa shape index (κ2) is 5.78. The van der Waals surface area contributed by atoms with E-state index in [-0.39, 0.29) is 0 Å². The fourth-order valence-corrected chi connectivity index (χ4v) is 3.84. The van der Waals surface area contributed by atoms with Crippen LogP contribution < -0.4 is 5.32 Å². The Hall–Kier alpha value is -0.410. The Morgan fingerprint density at radius 3 is 3.06 bits per heavy atom. The Balaban J connectivity index is 1.78. The molecule has 0 aliphatic heterocycles. The monoisotopic (exact) mass is 239 g/mol. The predicted octanol–water partition coefficient (Wildman–Crippen LogP) is 3.29. The molecule has 0 bridgehead atoms. The third-order valence-electron chi connectivity index (χ3n) is 3.47. The van der Waals surface area contributed by atoms with Gasteiger partial charge in [0.05, 0.1) is 12.0 Å². The quantitative estimate of drug-likeness (QED) is 0.853. The van der Waals surface area contributed by atoms with Gasteiger partial charge in [0.2, 0.25) is 0 Å². The van der Waals surface area contributed by atoms with Crippen molar-refractivity contribution in [2.45, 2.75) is 43.7 Å².